The quantitative estimate of drug-likeness (QED) is 0.653. The Morgan fingerprint density at radius 2 is 2.20 bits per heavy atom. The molecule has 0 saturated carbocycles. The van der Waals surface area contributed by atoms with Crippen molar-refractivity contribution in [2.45, 2.75) is 25.8 Å². The van der Waals surface area contributed by atoms with Gasteiger partial charge in [-0.25, -0.2) is 0 Å². The molecule has 4 heteroatoms. The monoisotopic (exact) mass is 208 g/mol. The van der Waals surface area contributed by atoms with Gasteiger partial charge in [0.25, 0.3) is 0 Å². The van der Waals surface area contributed by atoms with Crippen molar-refractivity contribution in [1.29, 1.82) is 0 Å². The lowest BCUT2D eigenvalue weighted by Gasteiger charge is -2.30. The van der Waals surface area contributed by atoms with E-state index in [0.29, 0.717) is 25.9 Å². The van der Waals surface area contributed by atoms with Crippen molar-refractivity contribution in [3.63, 3.8) is 0 Å². The molecule has 0 aromatic carbocycles. The van der Waals surface area contributed by atoms with Gasteiger partial charge in [-0.15, -0.1) is 6.42 Å². The van der Waals surface area contributed by atoms with E-state index in [1.54, 1.807) is 0 Å². The Balaban J connectivity index is 2.39. The Kier molecular flexibility index (Phi) is 4.32. The molecular weight excluding hydrogens is 192 g/mol. The molecule has 0 spiro atoms. The first-order valence-electron chi connectivity index (χ1n) is 5.12. The lowest BCUT2D eigenvalue weighted by Crippen LogP contribution is -2.48. The highest BCUT2D eigenvalue weighted by Gasteiger charge is 2.24. The maximum absolute atomic E-state index is 11.5. The second-order valence-electron chi connectivity index (χ2n) is 3.67. The average Bonchev–Trinajstić information content (AvgIpc) is 2.26. The molecule has 1 heterocycles. The van der Waals surface area contributed by atoms with Crippen LogP contribution in [0.15, 0.2) is 0 Å². The number of carbonyl (C=O) groups is 2. The normalized spacial score (nSPS) is 19.3. The van der Waals surface area contributed by atoms with Gasteiger partial charge in [0, 0.05) is 25.9 Å². The summed E-state index contributed by atoms with van der Waals surface area (Å²) >= 11 is 0. The summed E-state index contributed by atoms with van der Waals surface area (Å²) < 4.78 is 0. The van der Waals surface area contributed by atoms with Crippen molar-refractivity contribution in [2.24, 2.45) is 0 Å². The van der Waals surface area contributed by atoms with Crippen LogP contribution in [0.3, 0.4) is 0 Å². The smallest absolute Gasteiger partial charge is 0.237 e. The van der Waals surface area contributed by atoms with Crippen LogP contribution in [0.5, 0.6) is 0 Å². The van der Waals surface area contributed by atoms with Gasteiger partial charge in [-0.2, -0.15) is 0 Å². The van der Waals surface area contributed by atoms with E-state index in [0.717, 1.165) is 0 Å². The summed E-state index contributed by atoms with van der Waals surface area (Å²) in [5.41, 5.74) is 0. The number of ketones is 1. The van der Waals surface area contributed by atoms with Crippen molar-refractivity contribution >= 4 is 11.7 Å². The number of rotatable bonds is 3. The zero-order valence-electron chi connectivity index (χ0n) is 8.95. The van der Waals surface area contributed by atoms with E-state index in [1.807, 2.05) is 11.8 Å². The van der Waals surface area contributed by atoms with Crippen LogP contribution in [0.25, 0.3) is 0 Å². The molecular formula is C11H16N2O2. The molecule has 1 amide bonds. The predicted octanol–water partition coefficient (Wildman–Crippen LogP) is -0.211. The molecule has 0 radical (unpaired) electrons. The molecule has 1 aliphatic heterocycles. The third-order valence-corrected chi connectivity index (χ3v) is 2.65. The van der Waals surface area contributed by atoms with Gasteiger partial charge in [-0.1, -0.05) is 5.92 Å². The summed E-state index contributed by atoms with van der Waals surface area (Å²) in [7, 11) is 0. The minimum atomic E-state index is -0.202. The summed E-state index contributed by atoms with van der Waals surface area (Å²) in [6, 6.07) is -0.202. The lowest BCUT2D eigenvalue weighted by molar-refractivity contribution is -0.129. The van der Waals surface area contributed by atoms with E-state index in [4.69, 9.17) is 6.42 Å². The standard InChI is InChI=1S/C11H16N2O2/c1-3-6-12-11(15)9(2)13-7-4-10(14)5-8-13/h1,9H,4-8H2,2H3,(H,12,15). The van der Waals surface area contributed by atoms with Gasteiger partial charge < -0.3 is 5.32 Å². The number of amides is 1. The van der Waals surface area contributed by atoms with Gasteiger partial charge in [-0.05, 0) is 6.92 Å². The van der Waals surface area contributed by atoms with Gasteiger partial charge in [0.2, 0.25) is 5.91 Å². The Bertz CT molecular complexity index is 283. The molecule has 4 nitrogen and oxygen atoms in total. The summed E-state index contributed by atoms with van der Waals surface area (Å²) in [6.07, 6.45) is 6.15. The van der Waals surface area contributed by atoms with Crippen LogP contribution in [-0.2, 0) is 9.59 Å². The van der Waals surface area contributed by atoms with Gasteiger partial charge in [0.1, 0.15) is 5.78 Å². The van der Waals surface area contributed by atoms with E-state index in [1.165, 1.54) is 0 Å². The molecule has 15 heavy (non-hydrogen) atoms. The lowest BCUT2D eigenvalue weighted by atomic mass is 10.1. The van der Waals surface area contributed by atoms with Crippen LogP contribution in [0.4, 0.5) is 0 Å². The largest absolute Gasteiger partial charge is 0.344 e. The minimum Gasteiger partial charge on any atom is -0.344 e. The number of hydrogen-bond acceptors (Lipinski definition) is 3. The van der Waals surface area contributed by atoms with Gasteiger partial charge >= 0.3 is 0 Å². The summed E-state index contributed by atoms with van der Waals surface area (Å²) in [4.78, 5) is 24.6. The minimum absolute atomic E-state index is 0.0673. The number of hydrogen-bond donors (Lipinski definition) is 1. The van der Waals surface area contributed by atoms with Crippen molar-refractivity contribution in [3.05, 3.63) is 0 Å². The Hall–Kier alpha value is -1.34. The third-order valence-electron chi connectivity index (χ3n) is 2.65. The van der Waals surface area contributed by atoms with Crippen LogP contribution in [0.1, 0.15) is 19.8 Å². The fourth-order valence-corrected chi connectivity index (χ4v) is 1.61. The SMILES string of the molecule is C#CCNC(=O)C(C)N1CCC(=O)CC1. The van der Waals surface area contributed by atoms with Crippen molar-refractivity contribution in [2.75, 3.05) is 19.6 Å². The second-order valence-corrected chi connectivity index (χ2v) is 3.67. The highest BCUT2D eigenvalue weighted by Crippen LogP contribution is 2.09. The van der Waals surface area contributed by atoms with E-state index in [9.17, 15) is 9.59 Å². The molecule has 1 unspecified atom stereocenters. The second kappa shape index (κ2) is 5.52. The van der Waals surface area contributed by atoms with Crippen LogP contribution in [-0.4, -0.2) is 42.3 Å². The molecule has 1 aliphatic rings. The number of nitrogens with zero attached hydrogens (tertiary/aromatic N) is 1. The zero-order valence-corrected chi connectivity index (χ0v) is 8.95. The Labute approximate surface area is 90.0 Å². The molecule has 1 rings (SSSR count). The number of likely N-dealkylation sites (tertiary alicyclic amines) is 1. The van der Waals surface area contributed by atoms with E-state index >= 15 is 0 Å². The molecule has 1 N–H and O–H groups in total. The highest BCUT2D eigenvalue weighted by atomic mass is 16.2. The summed E-state index contributed by atoms with van der Waals surface area (Å²) in [5, 5.41) is 2.64. The molecule has 0 aromatic heterocycles. The first-order chi connectivity index (χ1) is 7.15. The fraction of sp³-hybridized carbons (Fsp3) is 0.636. The fourth-order valence-electron chi connectivity index (χ4n) is 1.61. The highest BCUT2D eigenvalue weighted by molar-refractivity contribution is 5.83. The number of carbonyl (C=O) groups excluding carboxylic acids is 2. The maximum Gasteiger partial charge on any atom is 0.237 e. The molecule has 1 atom stereocenters. The Morgan fingerprint density at radius 3 is 2.73 bits per heavy atom. The van der Waals surface area contributed by atoms with E-state index < -0.39 is 0 Å². The molecule has 0 bridgehead atoms. The van der Waals surface area contributed by atoms with E-state index in [-0.39, 0.29) is 24.3 Å². The topological polar surface area (TPSA) is 49.4 Å². The molecule has 1 saturated heterocycles. The number of nitrogens with one attached hydrogen (secondary N) is 1. The summed E-state index contributed by atoms with van der Waals surface area (Å²) in [6.45, 7) is 3.44. The van der Waals surface area contributed by atoms with Crippen LogP contribution >= 0.6 is 0 Å². The van der Waals surface area contributed by atoms with Crippen molar-refractivity contribution < 1.29 is 9.59 Å². The molecule has 0 aliphatic carbocycles. The summed E-state index contributed by atoms with van der Waals surface area (Å²) in [5.74, 6) is 2.57. The predicted molar refractivity (Wildman–Crippen MR) is 57.1 cm³/mol. The number of piperidine rings is 1. The van der Waals surface area contributed by atoms with Crippen molar-refractivity contribution in [1.82, 2.24) is 10.2 Å². The number of Topliss-reactive ketones (excluding diaryl/α,β-unsaturated/α-hetero) is 1. The maximum atomic E-state index is 11.5. The Morgan fingerprint density at radius 1 is 1.60 bits per heavy atom. The van der Waals surface area contributed by atoms with Crippen LogP contribution < -0.4 is 5.32 Å². The third kappa shape index (κ3) is 3.37. The molecule has 1 fully saturated rings. The van der Waals surface area contributed by atoms with Crippen LogP contribution in [0.2, 0.25) is 0 Å². The number of terminal acetylenes is 1. The van der Waals surface area contributed by atoms with Gasteiger partial charge in [0.15, 0.2) is 0 Å². The van der Waals surface area contributed by atoms with E-state index in [2.05, 4.69) is 11.2 Å². The zero-order chi connectivity index (χ0) is 11.3. The van der Waals surface area contributed by atoms with Gasteiger partial charge in [0.05, 0.1) is 12.6 Å². The van der Waals surface area contributed by atoms with Gasteiger partial charge in [-0.3, -0.25) is 14.5 Å². The van der Waals surface area contributed by atoms with Crippen LogP contribution in [0, 0.1) is 12.3 Å². The first kappa shape index (κ1) is 11.7. The molecule has 82 valence electrons. The first-order valence-corrected chi connectivity index (χ1v) is 5.12. The molecule has 0 aromatic rings. The average molecular weight is 208 g/mol. The van der Waals surface area contributed by atoms with Crippen molar-refractivity contribution in [3.8, 4) is 12.3 Å².